The minimum atomic E-state index is -0.630. The molecule has 5 nitrogen and oxygen atoms in total. The van der Waals surface area contributed by atoms with E-state index in [4.69, 9.17) is 0 Å². The Balaban J connectivity index is 2.19. The molecule has 5 heteroatoms. The van der Waals surface area contributed by atoms with Crippen molar-refractivity contribution in [3.05, 3.63) is 17.5 Å². The van der Waals surface area contributed by atoms with E-state index >= 15 is 0 Å². The predicted molar refractivity (Wildman–Crippen MR) is 64.6 cm³/mol. The molecule has 0 bridgehead atoms. The van der Waals surface area contributed by atoms with Crippen LogP contribution >= 0.6 is 0 Å². The molecule has 0 aromatic carbocycles. The van der Waals surface area contributed by atoms with Gasteiger partial charge in [-0.15, -0.1) is 0 Å². The summed E-state index contributed by atoms with van der Waals surface area (Å²) < 4.78 is 1.92. The summed E-state index contributed by atoms with van der Waals surface area (Å²) in [5.74, 6) is 0. The Bertz CT molecular complexity index is 385. The number of aliphatic hydroxyl groups is 2. The zero-order chi connectivity index (χ0) is 12.5. The van der Waals surface area contributed by atoms with Crippen molar-refractivity contribution < 1.29 is 10.2 Å². The topological polar surface area (TPSA) is 70.3 Å². The molecule has 0 radical (unpaired) electrons. The van der Waals surface area contributed by atoms with Gasteiger partial charge in [0.05, 0.1) is 24.9 Å². The molecule has 1 aliphatic rings. The van der Waals surface area contributed by atoms with Crippen LogP contribution in [0.4, 0.5) is 0 Å². The summed E-state index contributed by atoms with van der Waals surface area (Å²) in [6, 6.07) is 0.178. The van der Waals surface area contributed by atoms with Crippen LogP contribution in [0.2, 0.25) is 0 Å². The van der Waals surface area contributed by atoms with Gasteiger partial charge < -0.3 is 15.5 Å². The van der Waals surface area contributed by atoms with Gasteiger partial charge in [0.2, 0.25) is 0 Å². The fourth-order valence-corrected chi connectivity index (χ4v) is 2.42. The first kappa shape index (κ1) is 12.5. The molecule has 2 rings (SSSR count). The maximum atomic E-state index is 9.33. The Morgan fingerprint density at radius 1 is 1.53 bits per heavy atom. The molecule has 1 heterocycles. The van der Waals surface area contributed by atoms with Gasteiger partial charge in [0.15, 0.2) is 0 Å². The van der Waals surface area contributed by atoms with E-state index in [-0.39, 0.29) is 19.3 Å². The normalized spacial score (nSPS) is 20.4. The number of hydrogen-bond acceptors (Lipinski definition) is 4. The van der Waals surface area contributed by atoms with Gasteiger partial charge in [0.1, 0.15) is 0 Å². The fourth-order valence-electron chi connectivity index (χ4n) is 2.42. The number of nitrogens with zero attached hydrogens (tertiary/aromatic N) is 2. The second kappa shape index (κ2) is 4.76. The second-order valence-corrected chi connectivity index (χ2v) is 5.14. The summed E-state index contributed by atoms with van der Waals surface area (Å²) in [5, 5.41) is 26.3. The van der Waals surface area contributed by atoms with Crippen molar-refractivity contribution >= 4 is 0 Å². The number of rotatable bonds is 4. The third-order valence-electron chi connectivity index (χ3n) is 3.60. The highest BCUT2D eigenvalue weighted by molar-refractivity contribution is 5.25. The van der Waals surface area contributed by atoms with Gasteiger partial charge in [-0.2, -0.15) is 5.10 Å². The van der Waals surface area contributed by atoms with Crippen molar-refractivity contribution in [3.63, 3.8) is 0 Å². The fraction of sp³-hybridized carbons (Fsp3) is 0.750. The van der Waals surface area contributed by atoms with Crippen molar-refractivity contribution in [3.8, 4) is 0 Å². The van der Waals surface area contributed by atoms with Crippen molar-refractivity contribution in [2.45, 2.75) is 37.8 Å². The summed E-state index contributed by atoms with van der Waals surface area (Å²) in [4.78, 5) is 0. The van der Waals surface area contributed by atoms with Gasteiger partial charge in [-0.3, -0.25) is 4.68 Å². The smallest absolute Gasteiger partial charge is 0.0633 e. The van der Waals surface area contributed by atoms with Crippen LogP contribution in [-0.2, 0) is 13.5 Å². The van der Waals surface area contributed by atoms with Crippen LogP contribution in [0.25, 0.3) is 0 Å². The van der Waals surface area contributed by atoms with Gasteiger partial charge in [0.25, 0.3) is 0 Å². The van der Waals surface area contributed by atoms with Gasteiger partial charge in [0, 0.05) is 24.3 Å². The van der Waals surface area contributed by atoms with Crippen molar-refractivity contribution in [1.82, 2.24) is 15.1 Å². The molecule has 1 aliphatic carbocycles. The van der Waals surface area contributed by atoms with Crippen LogP contribution in [0, 0.1) is 0 Å². The first-order chi connectivity index (χ1) is 8.09. The second-order valence-electron chi connectivity index (χ2n) is 5.14. The first-order valence-electron chi connectivity index (χ1n) is 6.10. The lowest BCUT2D eigenvalue weighted by Gasteiger charge is -2.34. The van der Waals surface area contributed by atoms with E-state index in [1.165, 1.54) is 11.3 Å². The number of fused-ring (bicyclic) bond motifs is 1. The first-order valence-corrected chi connectivity index (χ1v) is 6.10. The standard InChI is InChI=1S/C12H21N3O2/c1-12(7-16,8-17)14-10-4-3-5-11-9(10)6-13-15(11)2/h6,10,14,16-17H,3-5,7-8H2,1-2H3. The molecular formula is C12H21N3O2. The average molecular weight is 239 g/mol. The quantitative estimate of drug-likeness (QED) is 0.698. The molecule has 0 saturated carbocycles. The third-order valence-corrected chi connectivity index (χ3v) is 3.60. The monoisotopic (exact) mass is 239 g/mol. The molecule has 1 aromatic heterocycles. The zero-order valence-corrected chi connectivity index (χ0v) is 10.5. The molecular weight excluding hydrogens is 218 g/mol. The van der Waals surface area contributed by atoms with Crippen LogP contribution < -0.4 is 5.32 Å². The highest BCUT2D eigenvalue weighted by Crippen LogP contribution is 2.30. The van der Waals surface area contributed by atoms with Crippen LogP contribution in [0.5, 0.6) is 0 Å². The highest BCUT2D eigenvalue weighted by atomic mass is 16.3. The van der Waals surface area contributed by atoms with Crippen LogP contribution in [0.3, 0.4) is 0 Å². The van der Waals surface area contributed by atoms with E-state index in [0.717, 1.165) is 19.3 Å². The molecule has 0 amide bonds. The minimum Gasteiger partial charge on any atom is -0.394 e. The number of aliphatic hydroxyl groups excluding tert-OH is 2. The van der Waals surface area contributed by atoms with E-state index < -0.39 is 5.54 Å². The summed E-state index contributed by atoms with van der Waals surface area (Å²) in [6.07, 6.45) is 5.08. The summed E-state index contributed by atoms with van der Waals surface area (Å²) in [7, 11) is 1.96. The number of nitrogens with one attached hydrogen (secondary N) is 1. The molecule has 1 aromatic rings. The lowest BCUT2D eigenvalue weighted by atomic mass is 9.90. The van der Waals surface area contributed by atoms with Crippen LogP contribution in [0.1, 0.15) is 37.1 Å². The van der Waals surface area contributed by atoms with E-state index in [9.17, 15) is 10.2 Å². The Hall–Kier alpha value is -0.910. The number of hydrogen-bond donors (Lipinski definition) is 3. The third kappa shape index (κ3) is 2.36. The lowest BCUT2D eigenvalue weighted by molar-refractivity contribution is 0.0914. The van der Waals surface area contributed by atoms with Gasteiger partial charge in [-0.1, -0.05) is 0 Å². The molecule has 1 unspecified atom stereocenters. The van der Waals surface area contributed by atoms with Crippen LogP contribution in [-0.4, -0.2) is 38.7 Å². The van der Waals surface area contributed by atoms with Crippen molar-refractivity contribution in [2.75, 3.05) is 13.2 Å². The highest BCUT2D eigenvalue weighted by Gasteiger charge is 2.30. The van der Waals surface area contributed by atoms with E-state index in [1.807, 2.05) is 24.9 Å². The molecule has 0 aliphatic heterocycles. The summed E-state index contributed by atoms with van der Waals surface area (Å²) in [6.45, 7) is 1.68. The summed E-state index contributed by atoms with van der Waals surface area (Å²) in [5.41, 5.74) is 1.83. The number of aryl methyl sites for hydroxylation is 1. The molecule has 0 fully saturated rings. The molecule has 17 heavy (non-hydrogen) atoms. The van der Waals surface area contributed by atoms with E-state index in [2.05, 4.69) is 10.4 Å². The van der Waals surface area contributed by atoms with Crippen LogP contribution in [0.15, 0.2) is 6.20 Å². The Labute approximate surface area is 101 Å². The summed E-state index contributed by atoms with van der Waals surface area (Å²) >= 11 is 0. The average Bonchev–Trinajstić information content (AvgIpc) is 2.72. The Kier molecular flexibility index (Phi) is 3.51. The maximum Gasteiger partial charge on any atom is 0.0633 e. The van der Waals surface area contributed by atoms with E-state index in [1.54, 1.807) is 0 Å². The molecule has 0 saturated heterocycles. The predicted octanol–water partition coefficient (Wildman–Crippen LogP) is 0.130. The van der Waals surface area contributed by atoms with E-state index in [0.29, 0.717) is 0 Å². The number of aromatic nitrogens is 2. The zero-order valence-electron chi connectivity index (χ0n) is 10.5. The van der Waals surface area contributed by atoms with Gasteiger partial charge in [-0.25, -0.2) is 0 Å². The molecule has 1 atom stereocenters. The van der Waals surface area contributed by atoms with Gasteiger partial charge >= 0.3 is 0 Å². The largest absolute Gasteiger partial charge is 0.394 e. The van der Waals surface area contributed by atoms with Crippen molar-refractivity contribution in [2.24, 2.45) is 7.05 Å². The molecule has 3 N–H and O–H groups in total. The maximum absolute atomic E-state index is 9.33. The molecule has 0 spiro atoms. The molecule has 96 valence electrons. The van der Waals surface area contributed by atoms with Gasteiger partial charge in [-0.05, 0) is 26.2 Å². The lowest BCUT2D eigenvalue weighted by Crippen LogP contribution is -2.51. The van der Waals surface area contributed by atoms with Crippen molar-refractivity contribution in [1.29, 1.82) is 0 Å². The minimum absolute atomic E-state index is 0.0738. The SMILES string of the molecule is Cn1ncc2c1CCCC2NC(C)(CO)CO. The Morgan fingerprint density at radius 2 is 2.24 bits per heavy atom. The Morgan fingerprint density at radius 3 is 2.88 bits per heavy atom.